The molecule has 1 rings (SSSR count). The van der Waals surface area contributed by atoms with E-state index in [1.165, 1.54) is 7.11 Å². The van der Waals surface area contributed by atoms with Gasteiger partial charge in [-0.2, -0.15) is 0 Å². The zero-order valence-electron chi connectivity index (χ0n) is 25.4. The van der Waals surface area contributed by atoms with E-state index in [1.54, 1.807) is 24.3 Å². The van der Waals surface area contributed by atoms with E-state index in [4.69, 9.17) is 14.0 Å². The van der Waals surface area contributed by atoms with Crippen LogP contribution in [0.2, 0.25) is 0 Å². The van der Waals surface area contributed by atoms with E-state index in [2.05, 4.69) is 20.8 Å². The summed E-state index contributed by atoms with van der Waals surface area (Å²) in [5.74, 6) is -2.18. The van der Waals surface area contributed by atoms with Crippen molar-refractivity contribution >= 4 is 41.1 Å². The summed E-state index contributed by atoms with van der Waals surface area (Å²) < 4.78 is 24.8. The number of unbranched alkanes of at least 4 members (excludes halogenated alkanes) is 3. The zero-order chi connectivity index (χ0) is 29.3. The average Bonchev–Trinajstić information content (AvgIpc) is 2.94. The van der Waals surface area contributed by atoms with E-state index in [0.717, 1.165) is 38.5 Å². The molecule has 0 radical (unpaired) electrons. The molecule has 222 valence electrons. The van der Waals surface area contributed by atoms with Gasteiger partial charge >= 0.3 is 243 Å². The SMILES string of the molecule is CCCCC(CC)C(=O)[O][Sn]([O]C(=O)C(CC)CCCC)([O]C(=O)C(CC)CCCC)[c]1ccccc1OC. The van der Waals surface area contributed by atoms with Crippen LogP contribution in [0.1, 0.15) is 119 Å². The molecule has 0 aliphatic carbocycles. The molecule has 0 aromatic heterocycles. The molecule has 0 amide bonds. The number of hydrogen-bond donors (Lipinski definition) is 0. The van der Waals surface area contributed by atoms with Gasteiger partial charge in [0.2, 0.25) is 0 Å². The maximum absolute atomic E-state index is 13.7. The molecule has 0 saturated heterocycles. The van der Waals surface area contributed by atoms with Gasteiger partial charge in [0.05, 0.1) is 0 Å². The average molecular weight is 655 g/mol. The van der Waals surface area contributed by atoms with E-state index in [-0.39, 0.29) is 17.8 Å². The Morgan fingerprint density at radius 1 is 0.641 bits per heavy atom. The van der Waals surface area contributed by atoms with E-state index >= 15 is 0 Å². The molecule has 0 saturated carbocycles. The molecule has 0 aliphatic heterocycles. The van der Waals surface area contributed by atoms with Gasteiger partial charge in [-0.25, -0.2) is 0 Å². The Balaban J connectivity index is 3.70. The number of hydrogen-bond acceptors (Lipinski definition) is 7. The van der Waals surface area contributed by atoms with Crippen LogP contribution in [0, 0.1) is 17.8 Å². The van der Waals surface area contributed by atoms with Crippen molar-refractivity contribution in [3.63, 3.8) is 0 Å². The third-order valence-corrected chi connectivity index (χ3v) is 14.4. The van der Waals surface area contributed by atoms with Gasteiger partial charge in [0, 0.05) is 0 Å². The topological polar surface area (TPSA) is 88.1 Å². The molecule has 3 unspecified atom stereocenters. The van der Waals surface area contributed by atoms with Gasteiger partial charge in [0.1, 0.15) is 0 Å². The van der Waals surface area contributed by atoms with Crippen molar-refractivity contribution < 1.29 is 28.3 Å². The number of carbonyl (C=O) groups is 3. The van der Waals surface area contributed by atoms with Crippen LogP contribution in [0.5, 0.6) is 5.75 Å². The van der Waals surface area contributed by atoms with Crippen molar-refractivity contribution in [3.8, 4) is 5.75 Å². The Morgan fingerprint density at radius 2 is 1.00 bits per heavy atom. The predicted molar refractivity (Wildman–Crippen MR) is 157 cm³/mol. The standard InChI is InChI=1S/3C8H16O2.C7H7O.Sn/c3*1-3-5-6-7(4-2)8(9)10;1-8-7-5-3-2-4-6-7;/h3*7H,3-6H2,1-2H3,(H,9,10);2-5H,1H3;/q;;;;+3/p-3. The van der Waals surface area contributed by atoms with Crippen molar-refractivity contribution in [1.29, 1.82) is 0 Å². The maximum atomic E-state index is 13.7. The normalized spacial score (nSPS) is 14.9. The zero-order valence-corrected chi connectivity index (χ0v) is 28.2. The van der Waals surface area contributed by atoms with Crippen LogP contribution >= 0.6 is 0 Å². The molecule has 8 heteroatoms. The van der Waals surface area contributed by atoms with Crippen molar-refractivity contribution in [2.24, 2.45) is 17.8 Å². The third-order valence-electron chi connectivity index (χ3n) is 7.34. The van der Waals surface area contributed by atoms with Crippen molar-refractivity contribution in [3.05, 3.63) is 24.3 Å². The van der Waals surface area contributed by atoms with E-state index in [9.17, 15) is 14.4 Å². The summed E-state index contributed by atoms with van der Waals surface area (Å²) >= 11 is -5.51. The van der Waals surface area contributed by atoms with E-state index in [1.807, 2.05) is 20.8 Å². The summed E-state index contributed by atoms with van der Waals surface area (Å²) in [6, 6.07) is 6.96. The molecule has 39 heavy (non-hydrogen) atoms. The van der Waals surface area contributed by atoms with Crippen molar-refractivity contribution in [1.82, 2.24) is 0 Å². The Labute approximate surface area is 242 Å². The van der Waals surface area contributed by atoms with Gasteiger partial charge in [-0.1, -0.05) is 0 Å². The molecular weight excluding hydrogens is 603 g/mol. The fourth-order valence-corrected chi connectivity index (χ4v) is 11.8. The second-order valence-electron chi connectivity index (χ2n) is 10.3. The number of para-hydroxylation sites is 1. The first-order valence-electron chi connectivity index (χ1n) is 15.1. The summed E-state index contributed by atoms with van der Waals surface area (Å²) in [5, 5.41) is 0. The number of methoxy groups -OCH3 is 1. The van der Waals surface area contributed by atoms with Crippen LogP contribution in [-0.4, -0.2) is 44.6 Å². The second-order valence-corrected chi connectivity index (χ2v) is 16.7. The Bertz CT molecular complexity index is 798. The molecule has 0 bridgehead atoms. The molecule has 1 aromatic carbocycles. The summed E-state index contributed by atoms with van der Waals surface area (Å²) in [5.41, 5.74) is 0. The van der Waals surface area contributed by atoms with Crippen LogP contribution in [0.3, 0.4) is 0 Å². The molecular formula is C31H52O7Sn. The molecule has 0 aliphatic rings. The van der Waals surface area contributed by atoms with Gasteiger partial charge in [-0.3, -0.25) is 0 Å². The van der Waals surface area contributed by atoms with Crippen molar-refractivity contribution in [2.75, 3.05) is 7.11 Å². The molecule has 3 atom stereocenters. The summed E-state index contributed by atoms with van der Waals surface area (Å²) in [7, 11) is 1.50. The van der Waals surface area contributed by atoms with Gasteiger partial charge < -0.3 is 0 Å². The van der Waals surface area contributed by atoms with Crippen molar-refractivity contribution in [2.45, 2.75) is 119 Å². The molecule has 0 fully saturated rings. The Hall–Kier alpha value is -1.77. The molecule has 1 aromatic rings. The second kappa shape index (κ2) is 19.3. The summed E-state index contributed by atoms with van der Waals surface area (Å²) in [6.45, 7) is 12.0. The van der Waals surface area contributed by atoms with Crippen LogP contribution in [-0.2, 0) is 23.6 Å². The minimum absolute atomic E-state index is 0.378. The first-order valence-corrected chi connectivity index (χ1v) is 20.0. The molecule has 0 spiro atoms. The molecule has 7 nitrogen and oxygen atoms in total. The number of carbonyl (C=O) groups excluding carboxylic acids is 3. The predicted octanol–water partition coefficient (Wildman–Crippen LogP) is 7.12. The third kappa shape index (κ3) is 11.0. The Kier molecular flexibility index (Phi) is 17.5. The van der Waals surface area contributed by atoms with Gasteiger partial charge in [-0.15, -0.1) is 0 Å². The van der Waals surface area contributed by atoms with Crippen LogP contribution < -0.4 is 8.32 Å². The van der Waals surface area contributed by atoms with Crippen LogP contribution in [0.25, 0.3) is 0 Å². The Morgan fingerprint density at radius 3 is 1.31 bits per heavy atom. The van der Waals surface area contributed by atoms with Gasteiger partial charge in [0.25, 0.3) is 0 Å². The van der Waals surface area contributed by atoms with Crippen LogP contribution in [0.15, 0.2) is 24.3 Å². The summed E-state index contributed by atoms with van der Waals surface area (Å²) in [6.07, 6.45) is 9.15. The molecule has 0 N–H and O–H groups in total. The number of ether oxygens (including phenoxy) is 1. The number of rotatable bonds is 20. The fourth-order valence-electron chi connectivity index (χ4n) is 4.59. The molecule has 0 heterocycles. The van der Waals surface area contributed by atoms with Gasteiger partial charge in [-0.05, 0) is 0 Å². The van der Waals surface area contributed by atoms with Crippen LogP contribution in [0.4, 0.5) is 0 Å². The monoisotopic (exact) mass is 656 g/mol. The minimum atomic E-state index is -5.51. The fraction of sp³-hybridized carbons (Fsp3) is 0.710. The first kappa shape index (κ1) is 35.3. The quantitative estimate of drug-likeness (QED) is 0.138. The number of benzene rings is 1. The van der Waals surface area contributed by atoms with E-state index < -0.39 is 37.5 Å². The van der Waals surface area contributed by atoms with E-state index in [0.29, 0.717) is 47.9 Å². The van der Waals surface area contributed by atoms with Gasteiger partial charge in [0.15, 0.2) is 0 Å². The summed E-state index contributed by atoms with van der Waals surface area (Å²) in [4.78, 5) is 41.0. The first-order chi connectivity index (χ1) is 18.8.